The molecule has 2 aliphatic heterocycles. The van der Waals surface area contributed by atoms with E-state index in [0.717, 1.165) is 27.9 Å². The molecule has 0 saturated heterocycles. The molecule has 0 aliphatic carbocycles. The Hall–Kier alpha value is -6.78. The van der Waals surface area contributed by atoms with Crippen LogP contribution in [0.15, 0.2) is 150 Å². The largest absolute Gasteiger partial charge is 0.456 e. The van der Waals surface area contributed by atoms with Crippen LogP contribution in [0.2, 0.25) is 0 Å². The maximum Gasteiger partial charge on any atom is 0.333 e. The second kappa shape index (κ2) is 14.6. The fourth-order valence-corrected chi connectivity index (χ4v) is 11.1. The van der Waals surface area contributed by atoms with Crippen LogP contribution in [0.1, 0.15) is 80.5 Å². The number of nitrogens with zero attached hydrogens (tertiary/aromatic N) is 2. The number of aryl methyl sites for hydroxylation is 5. The van der Waals surface area contributed by atoms with Gasteiger partial charge in [-0.1, -0.05) is 132 Å². The molecule has 0 unspecified atom stereocenters. The van der Waals surface area contributed by atoms with Crippen molar-refractivity contribution in [2.75, 3.05) is 9.71 Å². The number of furan rings is 1. The summed E-state index contributed by atoms with van der Waals surface area (Å²) in [6.07, 6.45) is 0. The summed E-state index contributed by atoms with van der Waals surface area (Å²) in [5.41, 5.74) is 26.6. The van der Waals surface area contributed by atoms with Crippen molar-refractivity contribution in [2.45, 2.75) is 87.0 Å². The lowest BCUT2D eigenvalue weighted by Gasteiger charge is -2.46. The lowest BCUT2D eigenvalue weighted by Crippen LogP contribution is -2.61. The Labute approximate surface area is 385 Å². The van der Waals surface area contributed by atoms with E-state index in [1.54, 1.807) is 0 Å². The highest BCUT2D eigenvalue weighted by atomic mass is 16.3. The van der Waals surface area contributed by atoms with Gasteiger partial charge in [0, 0.05) is 50.8 Å². The van der Waals surface area contributed by atoms with Gasteiger partial charge in [0.15, 0.2) is 0 Å². The first-order valence-electron chi connectivity index (χ1n) is 23.3. The Bertz CT molecular complexity index is 3370. The van der Waals surface area contributed by atoms with Crippen LogP contribution in [-0.2, 0) is 10.8 Å². The normalized spacial score (nSPS) is 13.4. The topological polar surface area (TPSA) is 19.6 Å². The zero-order valence-corrected chi connectivity index (χ0v) is 39.7. The summed E-state index contributed by atoms with van der Waals surface area (Å²) in [5, 5.41) is 2.34. The van der Waals surface area contributed by atoms with Crippen LogP contribution >= 0.6 is 0 Å². The third-order valence-electron chi connectivity index (χ3n) is 14.3. The Morgan fingerprint density at radius 1 is 0.462 bits per heavy atom. The minimum atomic E-state index is -0.146. The molecule has 0 saturated carbocycles. The van der Waals surface area contributed by atoms with Crippen LogP contribution in [-0.4, -0.2) is 6.85 Å². The van der Waals surface area contributed by atoms with E-state index < -0.39 is 0 Å². The molecule has 2 aliphatic rings. The molecular weight excluding hydrogens is 787 g/mol. The third-order valence-corrected chi connectivity index (χ3v) is 14.3. The average molecular weight is 845 g/mol. The summed E-state index contributed by atoms with van der Waals surface area (Å²) < 4.78 is 7.03. The van der Waals surface area contributed by atoms with Crippen molar-refractivity contribution >= 4 is 68.1 Å². The fraction of sp³-hybridized carbons (Fsp3) is 0.213. The molecule has 0 spiro atoms. The first-order chi connectivity index (χ1) is 31.1. The molecule has 11 rings (SSSR count). The second-order valence-electron chi connectivity index (χ2n) is 20.9. The van der Waals surface area contributed by atoms with Gasteiger partial charge in [-0.25, -0.2) is 0 Å². The van der Waals surface area contributed by atoms with Gasteiger partial charge in [0.25, 0.3) is 0 Å². The van der Waals surface area contributed by atoms with Crippen molar-refractivity contribution in [1.29, 1.82) is 0 Å². The van der Waals surface area contributed by atoms with Gasteiger partial charge in [0.1, 0.15) is 11.2 Å². The number of fused-ring (bicyclic) bond motifs is 8. The van der Waals surface area contributed by atoms with Gasteiger partial charge in [0.05, 0.1) is 0 Å². The highest BCUT2D eigenvalue weighted by Crippen LogP contribution is 2.52. The molecule has 65 heavy (non-hydrogen) atoms. The summed E-state index contributed by atoms with van der Waals surface area (Å²) in [4.78, 5) is 5.19. The summed E-state index contributed by atoms with van der Waals surface area (Å²) >= 11 is 0. The van der Waals surface area contributed by atoms with Crippen LogP contribution in [0.5, 0.6) is 0 Å². The Kier molecular flexibility index (Phi) is 9.22. The zero-order valence-electron chi connectivity index (χ0n) is 39.7. The maximum atomic E-state index is 7.03. The maximum absolute atomic E-state index is 7.03. The fourth-order valence-electron chi connectivity index (χ4n) is 11.1. The first-order valence-corrected chi connectivity index (χ1v) is 23.3. The van der Waals surface area contributed by atoms with Gasteiger partial charge in [-0.2, -0.15) is 0 Å². The summed E-state index contributed by atoms with van der Waals surface area (Å²) in [5.74, 6) is 0. The van der Waals surface area contributed by atoms with Crippen molar-refractivity contribution in [2.24, 2.45) is 0 Å². The molecule has 0 radical (unpaired) electrons. The molecule has 4 heteroatoms. The molecule has 1 aromatic heterocycles. The Balaban J connectivity index is 1.30. The van der Waals surface area contributed by atoms with Crippen LogP contribution in [0.25, 0.3) is 55.3 Å². The van der Waals surface area contributed by atoms with Gasteiger partial charge < -0.3 is 14.1 Å². The van der Waals surface area contributed by atoms with E-state index in [1.165, 1.54) is 106 Å². The number of hydrogen-bond donors (Lipinski definition) is 0. The van der Waals surface area contributed by atoms with Crippen molar-refractivity contribution in [3.8, 4) is 33.4 Å². The first kappa shape index (κ1) is 41.0. The summed E-state index contributed by atoms with van der Waals surface area (Å²) in [6, 6.07) is 55.4. The van der Waals surface area contributed by atoms with Crippen LogP contribution in [0.4, 0.5) is 28.4 Å². The molecule has 3 heterocycles. The molecule has 3 nitrogen and oxygen atoms in total. The quantitative estimate of drug-likeness (QED) is 0.165. The van der Waals surface area contributed by atoms with E-state index in [0.29, 0.717) is 0 Å². The van der Waals surface area contributed by atoms with E-state index in [9.17, 15) is 0 Å². The van der Waals surface area contributed by atoms with Gasteiger partial charge >= 0.3 is 6.85 Å². The van der Waals surface area contributed by atoms with Crippen molar-refractivity contribution in [3.05, 3.63) is 185 Å². The SMILES string of the molecule is Cc1ccc2oc3cc4c5c(c3c2c1)-c1cc(C(C)(C)C)ccc1N(c1ccc(C(C)(C)C)cc1)B5c1ccc(-c2c(C)cccc2C)cc1N4c1cccc(-c2c(C)cccc2C)c1. The molecule has 0 N–H and O–H groups in total. The number of hydrogen-bond acceptors (Lipinski definition) is 3. The highest BCUT2D eigenvalue weighted by Gasteiger charge is 2.47. The van der Waals surface area contributed by atoms with Crippen molar-refractivity contribution in [1.82, 2.24) is 0 Å². The number of rotatable bonds is 4. The van der Waals surface area contributed by atoms with E-state index in [4.69, 9.17) is 4.42 Å². The van der Waals surface area contributed by atoms with Gasteiger partial charge in [-0.15, -0.1) is 0 Å². The minimum absolute atomic E-state index is 0.0270. The van der Waals surface area contributed by atoms with E-state index in [2.05, 4.69) is 231 Å². The molecular formula is C61H57BN2O. The molecule has 8 aromatic carbocycles. The van der Waals surface area contributed by atoms with Crippen LogP contribution in [0, 0.1) is 34.6 Å². The molecule has 0 bridgehead atoms. The van der Waals surface area contributed by atoms with Gasteiger partial charge in [-0.05, 0) is 172 Å². The van der Waals surface area contributed by atoms with Gasteiger partial charge in [-0.3, -0.25) is 0 Å². The number of benzene rings is 8. The monoisotopic (exact) mass is 844 g/mol. The van der Waals surface area contributed by atoms with Crippen molar-refractivity contribution < 1.29 is 4.42 Å². The minimum Gasteiger partial charge on any atom is -0.456 e. The smallest absolute Gasteiger partial charge is 0.333 e. The van der Waals surface area contributed by atoms with Crippen LogP contribution < -0.4 is 20.6 Å². The average Bonchev–Trinajstić information content (AvgIpc) is 3.62. The lowest BCUT2D eigenvalue weighted by molar-refractivity contribution is 0.590. The Morgan fingerprint density at radius 3 is 1.72 bits per heavy atom. The molecule has 9 aromatic rings. The Morgan fingerprint density at radius 2 is 1.08 bits per heavy atom. The van der Waals surface area contributed by atoms with E-state index in [1.807, 2.05) is 0 Å². The molecule has 320 valence electrons. The molecule has 0 atom stereocenters. The summed E-state index contributed by atoms with van der Waals surface area (Å²) in [6.45, 7) is 24.8. The van der Waals surface area contributed by atoms with Crippen molar-refractivity contribution in [3.63, 3.8) is 0 Å². The predicted octanol–water partition coefficient (Wildman–Crippen LogP) is 15.8. The molecule has 0 fully saturated rings. The zero-order chi connectivity index (χ0) is 45.3. The second-order valence-corrected chi connectivity index (χ2v) is 20.9. The summed E-state index contributed by atoms with van der Waals surface area (Å²) in [7, 11) is 0. The van der Waals surface area contributed by atoms with Gasteiger partial charge in [0.2, 0.25) is 0 Å². The number of anilines is 5. The lowest BCUT2D eigenvalue weighted by atomic mass is 9.43. The third kappa shape index (κ3) is 6.47. The standard InChI is InChI=1S/C61H57BN2O/c1-36-21-30-53-48(31-36)57-54(65-53)35-52-59-58(57)47-34-44(61(9,10)11)25-29-50(47)64(45-26-23-43(24-27-45)60(6,7)8)62(59)49-28-22-42(56-39(4)17-13-18-40(56)5)33-51(49)63(52)46-20-14-19-41(32-46)55-37(2)15-12-16-38(55)3/h12-35H,1-11H3. The predicted molar refractivity (Wildman–Crippen MR) is 279 cm³/mol. The van der Waals surface area contributed by atoms with E-state index >= 15 is 0 Å². The van der Waals surface area contributed by atoms with E-state index in [-0.39, 0.29) is 17.7 Å². The van der Waals surface area contributed by atoms with Crippen LogP contribution in [0.3, 0.4) is 0 Å². The molecule has 0 amide bonds. The highest BCUT2D eigenvalue weighted by molar-refractivity contribution is 6.94.